The second kappa shape index (κ2) is 7.42. The van der Waals surface area contributed by atoms with Crippen molar-refractivity contribution in [2.75, 3.05) is 6.61 Å². The third-order valence-corrected chi connectivity index (χ3v) is 3.18. The van der Waals surface area contributed by atoms with Gasteiger partial charge < -0.3 is 9.29 Å². The van der Waals surface area contributed by atoms with Gasteiger partial charge in [-0.25, -0.2) is 8.42 Å². The first-order chi connectivity index (χ1) is 10.6. The Kier molecular flexibility index (Phi) is 6.11. The molecule has 2 rings (SSSR count). The van der Waals surface area contributed by atoms with E-state index < -0.39 is 15.6 Å². The van der Waals surface area contributed by atoms with Crippen molar-refractivity contribution < 1.29 is 35.4 Å². The summed E-state index contributed by atoms with van der Waals surface area (Å²) in [5.41, 5.74) is -4.53. The Hall–Kier alpha value is -2.13. The average molecular weight is 349 g/mol. The number of aromatic nitrogens is 1. The quantitative estimate of drug-likeness (QED) is 0.369. The van der Waals surface area contributed by atoms with Gasteiger partial charge in [0.25, 0.3) is 5.52 Å². The van der Waals surface area contributed by atoms with Crippen LogP contribution in [0.2, 0.25) is 0 Å². The molecule has 0 atom stereocenters. The zero-order chi connectivity index (χ0) is 17.7. The van der Waals surface area contributed by atoms with E-state index >= 15 is 0 Å². The number of para-hydroxylation sites is 1. The molecule has 1 aromatic carbocycles. The van der Waals surface area contributed by atoms with E-state index in [0.717, 1.165) is 11.3 Å². The molecule has 1 heterocycles. The molecular formula is C14H14F3NO4S. The van der Waals surface area contributed by atoms with Crippen LogP contribution in [0.5, 0.6) is 5.75 Å². The minimum absolute atomic E-state index is 0.536. The fraction of sp³-hybridized carbons (Fsp3) is 0.214. The number of pyridine rings is 1. The van der Waals surface area contributed by atoms with Crippen LogP contribution in [-0.4, -0.2) is 25.1 Å². The SMILES string of the molecule is C=CCOc1cccc2ccc[n+](C)c12.O=S(=O)([O-])C(F)(F)F. The fourth-order valence-electron chi connectivity index (χ4n) is 1.67. The first kappa shape index (κ1) is 18.9. The van der Waals surface area contributed by atoms with Gasteiger partial charge in [0, 0.05) is 6.07 Å². The summed E-state index contributed by atoms with van der Waals surface area (Å²) in [6.07, 6.45) is 3.77. The van der Waals surface area contributed by atoms with Crippen molar-refractivity contribution in [2.45, 2.75) is 5.51 Å². The van der Waals surface area contributed by atoms with E-state index in [9.17, 15) is 13.2 Å². The maximum atomic E-state index is 10.7. The molecule has 0 fully saturated rings. The summed E-state index contributed by atoms with van der Waals surface area (Å²) in [7, 11) is -4.07. The van der Waals surface area contributed by atoms with Gasteiger partial charge in [-0.05, 0) is 18.2 Å². The van der Waals surface area contributed by atoms with Crippen LogP contribution in [-0.2, 0) is 17.2 Å². The van der Waals surface area contributed by atoms with Gasteiger partial charge >= 0.3 is 5.51 Å². The van der Waals surface area contributed by atoms with E-state index in [4.69, 9.17) is 17.7 Å². The zero-order valence-electron chi connectivity index (χ0n) is 12.1. The monoisotopic (exact) mass is 349 g/mol. The van der Waals surface area contributed by atoms with Crippen LogP contribution in [0.3, 0.4) is 0 Å². The Morgan fingerprint density at radius 2 is 1.87 bits per heavy atom. The number of fused-ring (bicyclic) bond motifs is 1. The van der Waals surface area contributed by atoms with Crippen LogP contribution in [0.1, 0.15) is 0 Å². The van der Waals surface area contributed by atoms with E-state index in [0.29, 0.717) is 6.61 Å². The molecule has 0 spiro atoms. The second-order valence-corrected chi connectivity index (χ2v) is 5.68. The maximum absolute atomic E-state index is 10.7. The van der Waals surface area contributed by atoms with Crippen molar-refractivity contribution >= 4 is 21.0 Å². The minimum atomic E-state index is -6.09. The van der Waals surface area contributed by atoms with Gasteiger partial charge in [-0.1, -0.05) is 18.7 Å². The lowest BCUT2D eigenvalue weighted by Gasteiger charge is -2.08. The van der Waals surface area contributed by atoms with E-state index in [1.165, 1.54) is 5.39 Å². The van der Waals surface area contributed by atoms with Gasteiger partial charge in [-0.15, -0.1) is 0 Å². The van der Waals surface area contributed by atoms with Crippen molar-refractivity contribution in [3.63, 3.8) is 0 Å². The molecule has 0 amide bonds. The summed E-state index contributed by atoms with van der Waals surface area (Å²) in [6.45, 7) is 4.18. The fourth-order valence-corrected chi connectivity index (χ4v) is 1.67. The molecule has 0 aliphatic rings. The lowest BCUT2D eigenvalue weighted by Crippen LogP contribution is -2.28. The van der Waals surface area contributed by atoms with E-state index in [1.54, 1.807) is 6.08 Å². The lowest BCUT2D eigenvalue weighted by molar-refractivity contribution is -0.645. The number of alkyl halides is 3. The lowest BCUT2D eigenvalue weighted by atomic mass is 10.2. The third-order valence-electron chi connectivity index (χ3n) is 2.61. The highest BCUT2D eigenvalue weighted by molar-refractivity contribution is 7.86. The van der Waals surface area contributed by atoms with Crippen molar-refractivity contribution in [3.8, 4) is 5.75 Å². The van der Waals surface area contributed by atoms with Crippen LogP contribution in [0.4, 0.5) is 13.2 Å². The van der Waals surface area contributed by atoms with Crippen LogP contribution in [0.25, 0.3) is 10.9 Å². The number of rotatable bonds is 3. The molecule has 0 aliphatic carbocycles. The molecular weight excluding hydrogens is 335 g/mol. The molecule has 0 unspecified atom stereocenters. The van der Waals surface area contributed by atoms with Gasteiger partial charge in [0.05, 0.1) is 5.39 Å². The Bertz CT molecular complexity index is 783. The second-order valence-electron chi connectivity index (χ2n) is 4.31. The Labute approximate surface area is 131 Å². The number of hydrogen-bond donors (Lipinski definition) is 0. The van der Waals surface area contributed by atoms with Crippen molar-refractivity contribution in [2.24, 2.45) is 7.05 Å². The van der Waals surface area contributed by atoms with Gasteiger partial charge in [0.1, 0.15) is 13.7 Å². The topological polar surface area (TPSA) is 70.3 Å². The summed E-state index contributed by atoms with van der Waals surface area (Å²) in [4.78, 5) is 0. The van der Waals surface area contributed by atoms with Crippen molar-refractivity contribution in [1.29, 1.82) is 0 Å². The Morgan fingerprint density at radius 3 is 2.39 bits per heavy atom. The molecule has 0 bridgehead atoms. The standard InChI is InChI=1S/C13H14NO.CHF3O3S/c1-3-10-15-12-8-4-6-11-7-5-9-14(2)13(11)12;2-1(3,4)8(5,6)7/h3-9H,1,10H2,2H3;(H,5,6,7)/q+1;/p-1. The predicted octanol–water partition coefficient (Wildman–Crippen LogP) is 2.28. The molecule has 9 heteroatoms. The first-order valence-corrected chi connectivity index (χ1v) is 7.62. The van der Waals surface area contributed by atoms with Gasteiger partial charge in [-0.2, -0.15) is 17.7 Å². The number of aryl methyl sites for hydroxylation is 1. The number of benzene rings is 1. The highest BCUT2D eigenvalue weighted by Crippen LogP contribution is 2.21. The van der Waals surface area contributed by atoms with Crippen molar-refractivity contribution in [3.05, 3.63) is 49.2 Å². The van der Waals surface area contributed by atoms with Crippen molar-refractivity contribution in [1.82, 2.24) is 0 Å². The first-order valence-electron chi connectivity index (χ1n) is 6.21. The van der Waals surface area contributed by atoms with E-state index in [-0.39, 0.29) is 0 Å². The molecule has 0 saturated heterocycles. The van der Waals surface area contributed by atoms with Gasteiger partial charge in [0.2, 0.25) is 0 Å². The molecule has 23 heavy (non-hydrogen) atoms. The predicted molar refractivity (Wildman–Crippen MR) is 76.6 cm³/mol. The van der Waals surface area contributed by atoms with E-state index in [1.807, 2.05) is 31.4 Å². The molecule has 0 aliphatic heterocycles. The Balaban J connectivity index is 0.000000284. The summed E-state index contributed by atoms with van der Waals surface area (Å²) < 4.78 is 66.6. The molecule has 126 valence electrons. The van der Waals surface area contributed by atoms with Crippen LogP contribution in [0, 0.1) is 0 Å². The Morgan fingerprint density at radius 1 is 1.30 bits per heavy atom. The van der Waals surface area contributed by atoms with E-state index in [2.05, 4.69) is 23.3 Å². The molecule has 2 aromatic rings. The maximum Gasteiger partial charge on any atom is 0.485 e. The van der Waals surface area contributed by atoms with Crippen LogP contribution >= 0.6 is 0 Å². The number of ether oxygens (including phenoxy) is 1. The summed E-state index contributed by atoms with van der Waals surface area (Å²) in [5, 5.41) is 1.18. The minimum Gasteiger partial charge on any atom is -0.741 e. The largest absolute Gasteiger partial charge is 0.741 e. The number of nitrogens with zero attached hydrogens (tertiary/aromatic N) is 1. The highest BCUT2D eigenvalue weighted by atomic mass is 32.2. The van der Waals surface area contributed by atoms with Crippen LogP contribution < -0.4 is 9.30 Å². The van der Waals surface area contributed by atoms with Gasteiger partial charge in [0.15, 0.2) is 22.1 Å². The highest BCUT2D eigenvalue weighted by Gasteiger charge is 2.36. The third kappa shape index (κ3) is 5.22. The normalized spacial score (nSPS) is 11.5. The summed E-state index contributed by atoms with van der Waals surface area (Å²) in [6, 6.07) is 10.2. The molecule has 0 radical (unpaired) electrons. The molecule has 0 saturated carbocycles. The number of hydrogen-bond acceptors (Lipinski definition) is 4. The van der Waals surface area contributed by atoms with Gasteiger partial charge in [-0.3, -0.25) is 0 Å². The molecule has 1 aromatic heterocycles. The summed E-state index contributed by atoms with van der Waals surface area (Å²) in [5.74, 6) is 0.899. The average Bonchev–Trinajstić information content (AvgIpc) is 2.44. The van der Waals surface area contributed by atoms with Crippen LogP contribution in [0.15, 0.2) is 49.2 Å². The smallest absolute Gasteiger partial charge is 0.485 e. The molecule has 0 N–H and O–H groups in total. The number of halogens is 3. The molecule has 5 nitrogen and oxygen atoms in total. The zero-order valence-corrected chi connectivity index (χ0v) is 12.9. The summed E-state index contributed by atoms with van der Waals surface area (Å²) >= 11 is 0.